The van der Waals surface area contributed by atoms with Gasteiger partial charge in [0.05, 0.1) is 19.0 Å². The van der Waals surface area contributed by atoms with Crippen molar-refractivity contribution < 1.29 is 17.9 Å². The molecule has 98 valence electrons. The minimum Gasteiger partial charge on any atom is -0.383 e. The first kappa shape index (κ1) is 16.1. The zero-order valence-corrected chi connectivity index (χ0v) is 11.3. The van der Waals surface area contributed by atoms with Crippen LogP contribution >= 0.6 is 11.6 Å². The molecule has 0 aliphatic carbocycles. The van der Waals surface area contributed by atoms with E-state index in [2.05, 4.69) is 4.72 Å². The molecule has 1 unspecified atom stereocenters. The average Bonchev–Trinajstić information content (AvgIpc) is 2.18. The Kier molecular flexibility index (Phi) is 9.25. The van der Waals surface area contributed by atoms with E-state index in [-0.39, 0.29) is 18.4 Å². The number of hydrogen-bond donors (Lipinski definition) is 1. The second kappa shape index (κ2) is 9.18. The van der Waals surface area contributed by atoms with Gasteiger partial charge < -0.3 is 9.47 Å². The van der Waals surface area contributed by atoms with E-state index in [1.165, 1.54) is 7.11 Å². The highest BCUT2D eigenvalue weighted by Crippen LogP contribution is 1.99. The van der Waals surface area contributed by atoms with Gasteiger partial charge in [0.25, 0.3) is 0 Å². The van der Waals surface area contributed by atoms with Crippen LogP contribution in [0.15, 0.2) is 0 Å². The smallest absolute Gasteiger partial charge is 0.214 e. The molecule has 0 saturated carbocycles. The van der Waals surface area contributed by atoms with Crippen LogP contribution in [0.5, 0.6) is 0 Å². The fourth-order valence-corrected chi connectivity index (χ4v) is 2.55. The van der Waals surface area contributed by atoms with Crippen molar-refractivity contribution in [1.82, 2.24) is 4.72 Å². The van der Waals surface area contributed by atoms with E-state index in [9.17, 15) is 8.42 Å². The van der Waals surface area contributed by atoms with Crippen molar-refractivity contribution in [1.29, 1.82) is 0 Å². The zero-order chi connectivity index (χ0) is 12.4. The summed E-state index contributed by atoms with van der Waals surface area (Å²) in [6, 6.07) is -0.269. The molecule has 7 heteroatoms. The lowest BCUT2D eigenvalue weighted by Gasteiger charge is -2.16. The molecule has 0 saturated heterocycles. The van der Waals surface area contributed by atoms with Gasteiger partial charge in [-0.2, -0.15) is 0 Å². The number of alkyl halides is 1. The Labute approximate surface area is 102 Å². The predicted molar refractivity (Wildman–Crippen MR) is 64.4 cm³/mol. The third-order valence-corrected chi connectivity index (χ3v) is 3.49. The van der Waals surface area contributed by atoms with Gasteiger partial charge in [0.1, 0.15) is 0 Å². The Balaban J connectivity index is 4.08. The maximum Gasteiger partial charge on any atom is 0.214 e. The molecule has 0 spiro atoms. The SMILES string of the molecule is CCOCCS(=O)(=O)NC(CCCl)COC. The van der Waals surface area contributed by atoms with E-state index in [4.69, 9.17) is 21.1 Å². The van der Waals surface area contributed by atoms with Gasteiger partial charge >= 0.3 is 0 Å². The fraction of sp³-hybridized carbons (Fsp3) is 1.00. The summed E-state index contributed by atoms with van der Waals surface area (Å²) in [5.74, 6) is 0.353. The van der Waals surface area contributed by atoms with Crippen LogP contribution in [-0.2, 0) is 19.5 Å². The Morgan fingerprint density at radius 3 is 2.62 bits per heavy atom. The van der Waals surface area contributed by atoms with Gasteiger partial charge in [-0.15, -0.1) is 11.6 Å². The summed E-state index contributed by atoms with van der Waals surface area (Å²) in [5, 5.41) is 0. The van der Waals surface area contributed by atoms with Crippen molar-refractivity contribution >= 4 is 21.6 Å². The van der Waals surface area contributed by atoms with E-state index in [1.807, 2.05) is 6.92 Å². The number of sulfonamides is 1. The van der Waals surface area contributed by atoms with Gasteiger partial charge in [-0.05, 0) is 13.3 Å². The van der Waals surface area contributed by atoms with Crippen LogP contribution in [0.4, 0.5) is 0 Å². The van der Waals surface area contributed by atoms with Gasteiger partial charge in [0.15, 0.2) is 0 Å². The molecule has 0 radical (unpaired) electrons. The number of halogens is 1. The molecule has 0 aliphatic heterocycles. The Morgan fingerprint density at radius 1 is 1.44 bits per heavy atom. The first-order valence-electron chi connectivity index (χ1n) is 5.18. The molecule has 1 N–H and O–H groups in total. The van der Waals surface area contributed by atoms with E-state index in [0.29, 0.717) is 25.5 Å². The Hall–Kier alpha value is 0.120. The maximum atomic E-state index is 11.6. The van der Waals surface area contributed by atoms with Crippen molar-refractivity contribution in [2.75, 3.05) is 38.6 Å². The summed E-state index contributed by atoms with van der Waals surface area (Å²) in [5.41, 5.74) is 0. The molecule has 0 amide bonds. The topological polar surface area (TPSA) is 64.6 Å². The lowest BCUT2D eigenvalue weighted by molar-refractivity contribution is 0.161. The highest BCUT2D eigenvalue weighted by Gasteiger charge is 2.17. The maximum absolute atomic E-state index is 11.6. The van der Waals surface area contributed by atoms with Crippen LogP contribution in [0.1, 0.15) is 13.3 Å². The van der Waals surface area contributed by atoms with Gasteiger partial charge in [-0.25, -0.2) is 13.1 Å². The monoisotopic (exact) mass is 273 g/mol. The molecule has 5 nitrogen and oxygen atoms in total. The normalized spacial score (nSPS) is 13.9. The predicted octanol–water partition coefficient (Wildman–Crippen LogP) is 0.586. The quantitative estimate of drug-likeness (QED) is 0.467. The van der Waals surface area contributed by atoms with Crippen molar-refractivity contribution in [2.24, 2.45) is 0 Å². The van der Waals surface area contributed by atoms with Crippen molar-refractivity contribution in [3.63, 3.8) is 0 Å². The molecule has 0 aromatic heterocycles. The highest BCUT2D eigenvalue weighted by atomic mass is 35.5. The lowest BCUT2D eigenvalue weighted by Crippen LogP contribution is -2.40. The number of rotatable bonds is 10. The van der Waals surface area contributed by atoms with Crippen LogP contribution in [-0.4, -0.2) is 53.0 Å². The minimum absolute atomic E-state index is 0.0384. The average molecular weight is 274 g/mol. The van der Waals surface area contributed by atoms with Crippen LogP contribution in [0.2, 0.25) is 0 Å². The Bertz CT molecular complexity index is 252. The van der Waals surface area contributed by atoms with Crippen LogP contribution < -0.4 is 4.72 Å². The molecule has 0 aliphatic rings. The molecule has 0 rings (SSSR count). The number of ether oxygens (including phenoxy) is 2. The summed E-state index contributed by atoms with van der Waals surface area (Å²) in [6.07, 6.45) is 0.545. The third kappa shape index (κ3) is 8.29. The number of methoxy groups -OCH3 is 1. The molecule has 0 heterocycles. The molecule has 1 atom stereocenters. The highest BCUT2D eigenvalue weighted by molar-refractivity contribution is 7.89. The largest absolute Gasteiger partial charge is 0.383 e. The molecular weight excluding hydrogens is 254 g/mol. The molecule has 0 aromatic rings. The van der Waals surface area contributed by atoms with E-state index in [1.54, 1.807) is 0 Å². The Morgan fingerprint density at radius 2 is 2.12 bits per heavy atom. The number of hydrogen-bond acceptors (Lipinski definition) is 4. The number of nitrogens with one attached hydrogen (secondary N) is 1. The molecule has 16 heavy (non-hydrogen) atoms. The van der Waals surface area contributed by atoms with Gasteiger partial charge in [0, 0.05) is 25.6 Å². The minimum atomic E-state index is -3.31. The van der Waals surface area contributed by atoms with E-state index in [0.717, 1.165) is 0 Å². The second-order valence-corrected chi connectivity index (χ2v) is 5.51. The molecule has 0 bridgehead atoms. The summed E-state index contributed by atoms with van der Waals surface area (Å²) >= 11 is 5.57. The second-order valence-electron chi connectivity index (χ2n) is 3.26. The van der Waals surface area contributed by atoms with Crippen LogP contribution in [0.25, 0.3) is 0 Å². The van der Waals surface area contributed by atoms with Gasteiger partial charge in [-0.3, -0.25) is 0 Å². The summed E-state index contributed by atoms with van der Waals surface area (Å²) < 4.78 is 35.6. The lowest BCUT2D eigenvalue weighted by atomic mass is 10.3. The van der Waals surface area contributed by atoms with Crippen LogP contribution in [0.3, 0.4) is 0 Å². The first-order valence-corrected chi connectivity index (χ1v) is 7.37. The molecule has 0 fully saturated rings. The summed E-state index contributed by atoms with van der Waals surface area (Å²) in [6.45, 7) is 2.85. The summed E-state index contributed by atoms with van der Waals surface area (Å²) in [7, 11) is -1.79. The fourth-order valence-electron chi connectivity index (χ4n) is 1.14. The third-order valence-electron chi connectivity index (χ3n) is 1.87. The van der Waals surface area contributed by atoms with Crippen LogP contribution in [0, 0.1) is 0 Å². The molecule has 0 aromatic carbocycles. The van der Waals surface area contributed by atoms with E-state index < -0.39 is 10.0 Å². The first-order chi connectivity index (χ1) is 7.55. The van der Waals surface area contributed by atoms with Gasteiger partial charge in [-0.1, -0.05) is 0 Å². The van der Waals surface area contributed by atoms with E-state index >= 15 is 0 Å². The zero-order valence-electron chi connectivity index (χ0n) is 9.74. The standard InChI is InChI=1S/C9H20ClNO4S/c1-3-15-6-7-16(12,13)11-9(4-5-10)8-14-2/h9,11H,3-8H2,1-2H3. The van der Waals surface area contributed by atoms with Crippen molar-refractivity contribution in [3.05, 3.63) is 0 Å². The van der Waals surface area contributed by atoms with Crippen molar-refractivity contribution in [3.8, 4) is 0 Å². The van der Waals surface area contributed by atoms with Crippen molar-refractivity contribution in [2.45, 2.75) is 19.4 Å². The molecular formula is C9H20ClNO4S. The summed E-state index contributed by atoms with van der Waals surface area (Å²) in [4.78, 5) is 0. The van der Waals surface area contributed by atoms with Gasteiger partial charge in [0.2, 0.25) is 10.0 Å².